The minimum Gasteiger partial charge on any atom is -0.507 e. The molecule has 0 radical (unpaired) electrons. The van der Waals surface area contributed by atoms with Gasteiger partial charge in [0.05, 0.1) is 11.6 Å². The summed E-state index contributed by atoms with van der Waals surface area (Å²) in [5.41, 5.74) is 3.08. The van der Waals surface area contributed by atoms with Crippen LogP contribution in [0.1, 0.15) is 28.3 Å². The summed E-state index contributed by atoms with van der Waals surface area (Å²) < 4.78 is 5.49. The lowest BCUT2D eigenvalue weighted by Gasteiger charge is -2.25. The van der Waals surface area contributed by atoms with Crippen molar-refractivity contribution in [3.05, 3.63) is 114 Å². The van der Waals surface area contributed by atoms with Crippen molar-refractivity contribution >= 4 is 17.4 Å². The first kappa shape index (κ1) is 22.0. The molecule has 1 fully saturated rings. The van der Waals surface area contributed by atoms with Crippen molar-refractivity contribution in [2.75, 3.05) is 6.61 Å². The van der Waals surface area contributed by atoms with Crippen LogP contribution in [0.4, 0.5) is 0 Å². The Bertz CT molecular complexity index is 1200. The summed E-state index contributed by atoms with van der Waals surface area (Å²) in [5.74, 6) is -0.979. The molecule has 1 atom stereocenters. The van der Waals surface area contributed by atoms with Gasteiger partial charge in [-0.2, -0.15) is 0 Å². The number of aryl methyl sites for hydroxylation is 1. The summed E-state index contributed by atoms with van der Waals surface area (Å²) in [6.07, 6.45) is 4.95. The van der Waals surface area contributed by atoms with Gasteiger partial charge in [-0.25, -0.2) is 0 Å². The Kier molecular flexibility index (Phi) is 6.36. The second-order valence-corrected chi connectivity index (χ2v) is 7.82. The topological polar surface area (TPSA) is 79.7 Å². The molecule has 1 aromatic heterocycles. The molecule has 1 amide bonds. The molecule has 6 heteroatoms. The number of aliphatic hydroxyl groups excluding tert-OH is 1. The maximum Gasteiger partial charge on any atom is 0.295 e. The highest BCUT2D eigenvalue weighted by atomic mass is 16.5. The third kappa shape index (κ3) is 4.55. The fourth-order valence-electron chi connectivity index (χ4n) is 3.85. The number of likely N-dealkylation sites (tertiary alicyclic amines) is 1. The molecule has 4 rings (SSSR count). The van der Waals surface area contributed by atoms with Crippen molar-refractivity contribution in [2.45, 2.75) is 19.5 Å². The van der Waals surface area contributed by atoms with E-state index in [1.807, 2.05) is 37.3 Å². The van der Waals surface area contributed by atoms with Crippen LogP contribution in [0.25, 0.3) is 5.76 Å². The Morgan fingerprint density at radius 2 is 1.85 bits per heavy atom. The van der Waals surface area contributed by atoms with Crippen molar-refractivity contribution < 1.29 is 19.4 Å². The summed E-state index contributed by atoms with van der Waals surface area (Å²) in [4.78, 5) is 31.8. The van der Waals surface area contributed by atoms with E-state index in [9.17, 15) is 14.7 Å². The Labute approximate surface area is 192 Å². The van der Waals surface area contributed by atoms with Gasteiger partial charge in [0.25, 0.3) is 11.7 Å². The second kappa shape index (κ2) is 9.53. The molecule has 0 saturated carbocycles. The molecule has 0 bridgehead atoms. The van der Waals surface area contributed by atoms with E-state index in [0.717, 1.165) is 16.7 Å². The fraction of sp³-hybridized carbons (Fsp3) is 0.148. The van der Waals surface area contributed by atoms with Crippen LogP contribution in [0.3, 0.4) is 0 Å². The molecular formula is C27H24N2O4. The number of benzene rings is 2. The number of ketones is 1. The predicted octanol–water partition coefficient (Wildman–Crippen LogP) is 4.58. The Morgan fingerprint density at radius 1 is 1.12 bits per heavy atom. The summed E-state index contributed by atoms with van der Waals surface area (Å²) in [6.45, 7) is 6.14. The molecule has 1 N–H and O–H groups in total. The molecule has 0 aliphatic carbocycles. The highest BCUT2D eigenvalue weighted by molar-refractivity contribution is 6.46. The SMILES string of the molecule is C=CCOc1ccc(C(O)=C2C(=O)C(=O)N(Cc3cccnc3)[C@@H]2c2ccc(C)cc2)cc1. The molecule has 0 unspecified atom stereocenters. The number of ether oxygens (including phenoxy) is 1. The van der Waals surface area contributed by atoms with Gasteiger partial charge in [0.1, 0.15) is 18.1 Å². The van der Waals surface area contributed by atoms with Crippen molar-refractivity contribution in [3.8, 4) is 5.75 Å². The summed E-state index contributed by atoms with van der Waals surface area (Å²) in [5, 5.41) is 11.2. The number of Topliss-reactive ketones (excluding diaryl/α,β-unsaturated/α-hetero) is 1. The number of aliphatic hydroxyl groups is 1. The zero-order valence-electron chi connectivity index (χ0n) is 18.3. The normalized spacial score (nSPS) is 17.2. The quantitative estimate of drug-likeness (QED) is 0.252. The lowest BCUT2D eigenvalue weighted by molar-refractivity contribution is -0.140. The zero-order chi connectivity index (χ0) is 23.4. The summed E-state index contributed by atoms with van der Waals surface area (Å²) in [7, 11) is 0. The van der Waals surface area contributed by atoms with Crippen LogP contribution in [0.15, 0.2) is 91.3 Å². The molecule has 1 saturated heterocycles. The predicted molar refractivity (Wildman–Crippen MR) is 125 cm³/mol. The van der Waals surface area contributed by atoms with Gasteiger partial charge in [-0.1, -0.05) is 48.6 Å². The van der Waals surface area contributed by atoms with E-state index in [-0.39, 0.29) is 17.9 Å². The third-order valence-electron chi connectivity index (χ3n) is 5.50. The molecule has 1 aliphatic heterocycles. The summed E-state index contributed by atoms with van der Waals surface area (Å²) in [6, 6.07) is 17.2. The lowest BCUT2D eigenvalue weighted by Crippen LogP contribution is -2.29. The first-order valence-electron chi connectivity index (χ1n) is 10.6. The van der Waals surface area contributed by atoms with Gasteiger partial charge in [-0.05, 0) is 48.4 Å². The highest BCUT2D eigenvalue weighted by Gasteiger charge is 2.46. The maximum absolute atomic E-state index is 13.1. The van der Waals surface area contributed by atoms with Crippen molar-refractivity contribution in [2.24, 2.45) is 0 Å². The second-order valence-electron chi connectivity index (χ2n) is 7.82. The van der Waals surface area contributed by atoms with Crippen LogP contribution in [-0.4, -0.2) is 33.3 Å². The Hall–Kier alpha value is -4.19. The van der Waals surface area contributed by atoms with Crippen LogP contribution in [-0.2, 0) is 16.1 Å². The fourth-order valence-corrected chi connectivity index (χ4v) is 3.85. The molecule has 166 valence electrons. The molecule has 1 aliphatic rings. The molecule has 3 aromatic rings. The van der Waals surface area contributed by atoms with Gasteiger partial charge < -0.3 is 14.7 Å². The number of hydrogen-bond acceptors (Lipinski definition) is 5. The molecule has 33 heavy (non-hydrogen) atoms. The van der Waals surface area contributed by atoms with Gasteiger partial charge in [0, 0.05) is 24.5 Å². The minimum absolute atomic E-state index is 0.0625. The van der Waals surface area contributed by atoms with Gasteiger partial charge in [-0.3, -0.25) is 14.6 Å². The van der Waals surface area contributed by atoms with E-state index in [1.54, 1.807) is 48.8 Å². The van der Waals surface area contributed by atoms with Gasteiger partial charge >= 0.3 is 0 Å². The van der Waals surface area contributed by atoms with Crippen molar-refractivity contribution in [3.63, 3.8) is 0 Å². The van der Waals surface area contributed by atoms with Crippen molar-refractivity contribution in [1.82, 2.24) is 9.88 Å². The van der Waals surface area contributed by atoms with Crippen LogP contribution in [0, 0.1) is 6.92 Å². The van der Waals surface area contributed by atoms with Gasteiger partial charge in [-0.15, -0.1) is 0 Å². The molecule has 2 aromatic carbocycles. The average Bonchev–Trinajstić information content (AvgIpc) is 3.08. The van der Waals surface area contributed by atoms with E-state index in [1.165, 1.54) is 4.90 Å². The largest absolute Gasteiger partial charge is 0.507 e. The number of carbonyl (C=O) groups is 2. The molecular weight excluding hydrogens is 416 g/mol. The van der Waals surface area contributed by atoms with Crippen LogP contribution >= 0.6 is 0 Å². The molecule has 0 spiro atoms. The Morgan fingerprint density at radius 3 is 2.48 bits per heavy atom. The Balaban J connectivity index is 1.78. The van der Waals surface area contributed by atoms with Gasteiger partial charge in [0.2, 0.25) is 0 Å². The molecule has 6 nitrogen and oxygen atoms in total. The minimum atomic E-state index is -0.720. The number of carbonyl (C=O) groups excluding carboxylic acids is 2. The van der Waals surface area contributed by atoms with Crippen LogP contribution in [0.5, 0.6) is 5.75 Å². The number of pyridine rings is 1. The maximum atomic E-state index is 13.1. The van der Waals surface area contributed by atoms with E-state index in [0.29, 0.717) is 17.9 Å². The van der Waals surface area contributed by atoms with E-state index in [4.69, 9.17) is 4.74 Å². The number of rotatable bonds is 7. The average molecular weight is 440 g/mol. The molecule has 2 heterocycles. The van der Waals surface area contributed by atoms with E-state index < -0.39 is 17.7 Å². The standard InChI is InChI=1S/C27H24N2O4/c1-3-15-33-22-12-10-21(11-13-22)25(30)23-24(20-8-6-18(2)7-9-20)29(27(32)26(23)31)17-19-5-4-14-28-16-19/h3-14,16,24,30H,1,15,17H2,2H3/t24-/m1/s1. The highest BCUT2D eigenvalue weighted by Crippen LogP contribution is 2.40. The number of hydrogen-bond donors (Lipinski definition) is 1. The number of nitrogens with zero attached hydrogens (tertiary/aromatic N) is 2. The smallest absolute Gasteiger partial charge is 0.295 e. The van der Waals surface area contributed by atoms with E-state index in [2.05, 4.69) is 11.6 Å². The third-order valence-corrected chi connectivity index (χ3v) is 5.50. The van der Waals surface area contributed by atoms with Gasteiger partial charge in [0.15, 0.2) is 0 Å². The summed E-state index contributed by atoms with van der Waals surface area (Å²) >= 11 is 0. The lowest BCUT2D eigenvalue weighted by atomic mass is 9.94. The number of amides is 1. The van der Waals surface area contributed by atoms with Crippen molar-refractivity contribution in [1.29, 1.82) is 0 Å². The zero-order valence-corrected chi connectivity index (χ0v) is 18.3. The number of aromatic nitrogens is 1. The first-order chi connectivity index (χ1) is 16.0. The van der Waals surface area contributed by atoms with E-state index >= 15 is 0 Å². The van der Waals surface area contributed by atoms with Crippen LogP contribution in [0.2, 0.25) is 0 Å². The van der Waals surface area contributed by atoms with Crippen LogP contribution < -0.4 is 4.74 Å². The first-order valence-corrected chi connectivity index (χ1v) is 10.6. The monoisotopic (exact) mass is 440 g/mol.